The highest BCUT2D eigenvalue weighted by Gasteiger charge is 2.16. The highest BCUT2D eigenvalue weighted by molar-refractivity contribution is 5.57. The van der Waals surface area contributed by atoms with Crippen molar-refractivity contribution in [3.63, 3.8) is 0 Å². The molecule has 0 fully saturated rings. The maximum absolute atomic E-state index is 4.09. The maximum Gasteiger partial charge on any atom is 0.115 e. The van der Waals surface area contributed by atoms with Crippen molar-refractivity contribution in [1.82, 2.24) is 9.97 Å². The molecule has 0 amide bonds. The van der Waals surface area contributed by atoms with Crippen LogP contribution in [0.3, 0.4) is 0 Å². The number of fused-ring (bicyclic) bond motifs is 1. The molecule has 0 radical (unpaired) electrons. The van der Waals surface area contributed by atoms with E-state index in [4.69, 9.17) is 0 Å². The first kappa shape index (κ1) is 11.2. The second kappa shape index (κ2) is 4.77. The van der Waals surface area contributed by atoms with E-state index in [-0.39, 0.29) is 0 Å². The zero-order valence-corrected chi connectivity index (χ0v) is 10.6. The average Bonchev–Trinajstić information content (AvgIpc) is 2.41. The van der Waals surface area contributed by atoms with Crippen LogP contribution in [0.15, 0.2) is 36.9 Å². The highest BCUT2D eigenvalue weighted by atomic mass is 15.1. The average molecular weight is 239 g/mol. The standard InChI is InChI=1S/C15H17N3/c1-12-4-5-14-3-2-6-18(15(14)7-12)10-13-8-16-11-17-9-13/h4-5,7-9,11H,2-3,6,10H2,1H3. The Kier molecular flexibility index (Phi) is 2.97. The number of hydrogen-bond donors (Lipinski definition) is 0. The fourth-order valence-corrected chi connectivity index (χ4v) is 2.56. The van der Waals surface area contributed by atoms with E-state index < -0.39 is 0 Å². The van der Waals surface area contributed by atoms with Gasteiger partial charge in [0.15, 0.2) is 0 Å². The summed E-state index contributed by atoms with van der Waals surface area (Å²) in [6, 6.07) is 6.75. The molecule has 0 N–H and O–H groups in total. The van der Waals surface area contributed by atoms with Crippen molar-refractivity contribution >= 4 is 5.69 Å². The number of hydrogen-bond acceptors (Lipinski definition) is 3. The Morgan fingerprint density at radius 3 is 2.89 bits per heavy atom. The van der Waals surface area contributed by atoms with E-state index in [1.54, 1.807) is 6.33 Å². The van der Waals surface area contributed by atoms with Gasteiger partial charge in [0, 0.05) is 36.7 Å². The van der Waals surface area contributed by atoms with E-state index in [0.29, 0.717) is 0 Å². The van der Waals surface area contributed by atoms with E-state index in [2.05, 4.69) is 40.0 Å². The fraction of sp³-hybridized carbons (Fsp3) is 0.333. The number of nitrogens with zero attached hydrogens (tertiary/aromatic N) is 3. The summed E-state index contributed by atoms with van der Waals surface area (Å²) in [6.07, 6.45) is 7.80. The van der Waals surface area contributed by atoms with Crippen molar-refractivity contribution in [2.24, 2.45) is 0 Å². The molecule has 3 nitrogen and oxygen atoms in total. The third-order valence-corrected chi connectivity index (χ3v) is 3.44. The molecule has 3 heteroatoms. The molecule has 0 saturated heterocycles. The zero-order chi connectivity index (χ0) is 12.4. The summed E-state index contributed by atoms with van der Waals surface area (Å²) in [6.45, 7) is 4.17. The lowest BCUT2D eigenvalue weighted by atomic mass is 9.99. The molecule has 2 heterocycles. The fourth-order valence-electron chi connectivity index (χ4n) is 2.56. The van der Waals surface area contributed by atoms with Crippen LogP contribution in [-0.4, -0.2) is 16.5 Å². The third-order valence-electron chi connectivity index (χ3n) is 3.44. The monoisotopic (exact) mass is 239 g/mol. The van der Waals surface area contributed by atoms with Gasteiger partial charge in [0.2, 0.25) is 0 Å². The van der Waals surface area contributed by atoms with Gasteiger partial charge in [0.1, 0.15) is 6.33 Å². The predicted molar refractivity (Wildman–Crippen MR) is 72.6 cm³/mol. The quantitative estimate of drug-likeness (QED) is 0.807. The summed E-state index contributed by atoms with van der Waals surface area (Å²) >= 11 is 0. The van der Waals surface area contributed by atoms with Crippen LogP contribution in [0.1, 0.15) is 23.1 Å². The second-order valence-corrected chi connectivity index (χ2v) is 4.90. The van der Waals surface area contributed by atoms with Crippen molar-refractivity contribution < 1.29 is 0 Å². The molecular formula is C15H17N3. The molecule has 1 aromatic heterocycles. The summed E-state index contributed by atoms with van der Waals surface area (Å²) in [5.74, 6) is 0. The molecule has 2 aromatic rings. The molecule has 0 aliphatic carbocycles. The van der Waals surface area contributed by atoms with Gasteiger partial charge in [0.25, 0.3) is 0 Å². The minimum atomic E-state index is 0.900. The molecule has 1 aliphatic heterocycles. The second-order valence-electron chi connectivity index (χ2n) is 4.90. The largest absolute Gasteiger partial charge is 0.367 e. The number of aryl methyl sites for hydroxylation is 2. The predicted octanol–water partition coefficient (Wildman–Crippen LogP) is 2.74. The van der Waals surface area contributed by atoms with Crippen molar-refractivity contribution in [3.05, 3.63) is 53.6 Å². The lowest BCUT2D eigenvalue weighted by molar-refractivity contribution is 0.688. The smallest absolute Gasteiger partial charge is 0.115 e. The van der Waals surface area contributed by atoms with Gasteiger partial charge in [0.05, 0.1) is 0 Å². The van der Waals surface area contributed by atoms with Crippen LogP contribution in [0.2, 0.25) is 0 Å². The van der Waals surface area contributed by atoms with Gasteiger partial charge in [-0.15, -0.1) is 0 Å². The summed E-state index contributed by atoms with van der Waals surface area (Å²) in [5, 5.41) is 0. The van der Waals surface area contributed by atoms with Crippen molar-refractivity contribution in [1.29, 1.82) is 0 Å². The molecule has 92 valence electrons. The van der Waals surface area contributed by atoms with Crippen LogP contribution in [0, 0.1) is 6.92 Å². The molecule has 18 heavy (non-hydrogen) atoms. The number of anilines is 1. The normalized spacial score (nSPS) is 14.4. The van der Waals surface area contributed by atoms with Gasteiger partial charge in [-0.3, -0.25) is 0 Å². The van der Waals surface area contributed by atoms with Crippen molar-refractivity contribution in [3.8, 4) is 0 Å². The van der Waals surface area contributed by atoms with E-state index in [0.717, 1.165) is 13.1 Å². The zero-order valence-electron chi connectivity index (χ0n) is 10.6. The van der Waals surface area contributed by atoms with E-state index in [1.807, 2.05) is 12.4 Å². The Bertz CT molecular complexity index is 537. The minimum Gasteiger partial charge on any atom is -0.367 e. The van der Waals surface area contributed by atoms with Gasteiger partial charge in [-0.2, -0.15) is 0 Å². The van der Waals surface area contributed by atoms with Crippen LogP contribution >= 0.6 is 0 Å². The van der Waals surface area contributed by atoms with Gasteiger partial charge < -0.3 is 4.90 Å². The van der Waals surface area contributed by atoms with Crippen LogP contribution in [-0.2, 0) is 13.0 Å². The molecule has 0 atom stereocenters. The number of rotatable bonds is 2. The summed E-state index contributed by atoms with van der Waals surface area (Å²) in [7, 11) is 0. The number of aromatic nitrogens is 2. The highest BCUT2D eigenvalue weighted by Crippen LogP contribution is 2.29. The van der Waals surface area contributed by atoms with Crippen LogP contribution in [0.25, 0.3) is 0 Å². The van der Waals surface area contributed by atoms with E-state index >= 15 is 0 Å². The molecule has 1 aromatic carbocycles. The Morgan fingerprint density at radius 1 is 1.22 bits per heavy atom. The van der Waals surface area contributed by atoms with Crippen LogP contribution < -0.4 is 4.90 Å². The Balaban J connectivity index is 1.89. The van der Waals surface area contributed by atoms with Crippen molar-refractivity contribution in [2.45, 2.75) is 26.3 Å². The van der Waals surface area contributed by atoms with Gasteiger partial charge >= 0.3 is 0 Å². The third kappa shape index (κ3) is 2.21. The number of benzene rings is 1. The summed E-state index contributed by atoms with van der Waals surface area (Å²) in [4.78, 5) is 10.6. The van der Waals surface area contributed by atoms with Gasteiger partial charge in [-0.05, 0) is 37.0 Å². The van der Waals surface area contributed by atoms with Gasteiger partial charge in [-0.25, -0.2) is 9.97 Å². The van der Waals surface area contributed by atoms with E-state index in [1.165, 1.54) is 35.2 Å². The molecular weight excluding hydrogens is 222 g/mol. The van der Waals surface area contributed by atoms with Crippen molar-refractivity contribution in [2.75, 3.05) is 11.4 Å². The SMILES string of the molecule is Cc1ccc2c(c1)N(Cc1cncnc1)CCC2. The molecule has 0 saturated carbocycles. The van der Waals surface area contributed by atoms with E-state index in [9.17, 15) is 0 Å². The molecule has 0 unspecified atom stereocenters. The Hall–Kier alpha value is -1.90. The molecule has 0 bridgehead atoms. The van der Waals surface area contributed by atoms with Crippen LogP contribution in [0.4, 0.5) is 5.69 Å². The van der Waals surface area contributed by atoms with Gasteiger partial charge in [-0.1, -0.05) is 12.1 Å². The Labute approximate surface area is 108 Å². The first-order valence-electron chi connectivity index (χ1n) is 6.41. The summed E-state index contributed by atoms with van der Waals surface area (Å²) in [5.41, 5.74) is 5.34. The lowest BCUT2D eigenvalue weighted by Gasteiger charge is -2.31. The first-order chi connectivity index (χ1) is 8.83. The topological polar surface area (TPSA) is 29.0 Å². The summed E-state index contributed by atoms with van der Waals surface area (Å²) < 4.78 is 0. The molecule has 0 spiro atoms. The minimum absolute atomic E-state index is 0.900. The Morgan fingerprint density at radius 2 is 2.06 bits per heavy atom. The first-order valence-corrected chi connectivity index (χ1v) is 6.41. The lowest BCUT2D eigenvalue weighted by Crippen LogP contribution is -2.28. The van der Waals surface area contributed by atoms with Crippen LogP contribution in [0.5, 0.6) is 0 Å². The maximum atomic E-state index is 4.09. The molecule has 1 aliphatic rings. The molecule has 3 rings (SSSR count).